The lowest BCUT2D eigenvalue weighted by Gasteiger charge is -2.28. The second-order valence-electron chi connectivity index (χ2n) is 11.6. The van der Waals surface area contributed by atoms with E-state index in [9.17, 15) is 18.0 Å². The number of amides is 2. The van der Waals surface area contributed by atoms with E-state index in [1.165, 1.54) is 12.2 Å². The van der Waals surface area contributed by atoms with Gasteiger partial charge in [0.1, 0.15) is 0 Å². The van der Waals surface area contributed by atoms with Crippen LogP contribution in [0.15, 0.2) is 29.3 Å². The van der Waals surface area contributed by atoms with Crippen LogP contribution in [0.4, 0.5) is 14.0 Å². The quantitative estimate of drug-likeness (QED) is 0.271. The molecule has 13 heteroatoms. The van der Waals surface area contributed by atoms with Gasteiger partial charge in [0, 0.05) is 28.8 Å². The summed E-state index contributed by atoms with van der Waals surface area (Å²) in [5.41, 5.74) is -0.422. The number of nitrogens with one attached hydrogen (secondary N) is 3. The van der Waals surface area contributed by atoms with E-state index in [0.717, 1.165) is 11.3 Å². The van der Waals surface area contributed by atoms with Gasteiger partial charge in [0.05, 0.1) is 27.0 Å². The summed E-state index contributed by atoms with van der Waals surface area (Å²) in [6.07, 6.45) is 3.88. The summed E-state index contributed by atoms with van der Waals surface area (Å²) in [4.78, 5) is 27.8. The summed E-state index contributed by atoms with van der Waals surface area (Å²) in [6, 6.07) is -0.0476. The van der Waals surface area contributed by atoms with E-state index in [-0.39, 0.29) is 39.5 Å². The number of hydrogen-bond donors (Lipinski definition) is 3. The zero-order chi connectivity index (χ0) is 31.1. The lowest BCUT2D eigenvalue weighted by molar-refractivity contribution is 0.109. The monoisotopic (exact) mass is 614 g/mol. The average Bonchev–Trinajstić information content (AvgIpc) is 3.18. The summed E-state index contributed by atoms with van der Waals surface area (Å²) in [5.74, 6) is -0.853. The summed E-state index contributed by atoms with van der Waals surface area (Å²) in [5, 5.41) is 5.96. The van der Waals surface area contributed by atoms with Crippen molar-refractivity contribution >= 4 is 39.1 Å². The third-order valence-corrected chi connectivity index (χ3v) is 8.77. The third kappa shape index (κ3) is 11.2. The molecule has 0 spiro atoms. The van der Waals surface area contributed by atoms with Gasteiger partial charge in [-0.05, 0) is 87.1 Å². The maximum Gasteiger partial charge on any atom is 0.411 e. The van der Waals surface area contributed by atoms with E-state index in [2.05, 4.69) is 26.9 Å². The molecule has 0 radical (unpaired) electrons. The van der Waals surface area contributed by atoms with E-state index < -0.39 is 33.7 Å². The topological polar surface area (TPSA) is 136 Å². The predicted molar refractivity (Wildman–Crippen MR) is 159 cm³/mol. The highest BCUT2D eigenvalue weighted by Gasteiger charge is 2.31. The van der Waals surface area contributed by atoms with Gasteiger partial charge in [-0.15, -0.1) is 11.3 Å². The summed E-state index contributed by atoms with van der Waals surface area (Å²) >= 11 is 1.07. The number of hydrogen-bond acceptors (Lipinski definition) is 8. The van der Waals surface area contributed by atoms with Crippen molar-refractivity contribution in [1.82, 2.24) is 20.3 Å². The van der Waals surface area contributed by atoms with Crippen LogP contribution in [0.3, 0.4) is 0 Å². The molecule has 0 aliphatic heterocycles. The molecular weight excluding hydrogens is 571 g/mol. The number of allylic oxidation sites excluding steroid dienone is 4. The molecule has 1 aromatic rings. The van der Waals surface area contributed by atoms with Crippen molar-refractivity contribution in [3.05, 3.63) is 45.2 Å². The van der Waals surface area contributed by atoms with E-state index >= 15 is 4.39 Å². The molecule has 0 saturated heterocycles. The number of thiazole rings is 1. The van der Waals surface area contributed by atoms with Crippen molar-refractivity contribution in [2.24, 2.45) is 0 Å². The first-order chi connectivity index (χ1) is 18.9. The summed E-state index contributed by atoms with van der Waals surface area (Å²) < 4.78 is 54.5. The fraction of sp³-hybridized carbons (Fsp3) is 0.607. The van der Waals surface area contributed by atoms with Gasteiger partial charge in [-0.25, -0.2) is 27.7 Å². The minimum absolute atomic E-state index is 0.0214. The minimum atomic E-state index is -4.11. The average molecular weight is 615 g/mol. The number of alkyl carbamates (subject to hydrolysis) is 2. The molecule has 1 fully saturated rings. The molecule has 1 aliphatic carbocycles. The van der Waals surface area contributed by atoms with Crippen molar-refractivity contribution in [2.45, 2.75) is 111 Å². The number of sulfonamides is 1. The second kappa shape index (κ2) is 14.4. The molecule has 0 unspecified atom stereocenters. The van der Waals surface area contributed by atoms with Crippen LogP contribution in [-0.2, 0) is 19.5 Å². The van der Waals surface area contributed by atoms with E-state index in [0.29, 0.717) is 36.4 Å². The molecule has 3 N–H and O–H groups in total. The zero-order valence-electron chi connectivity index (χ0n) is 25.1. The molecule has 230 valence electrons. The third-order valence-electron chi connectivity index (χ3n) is 5.80. The Kier molecular flexibility index (Phi) is 12.1. The maximum absolute atomic E-state index is 15.4. The Morgan fingerprint density at radius 2 is 1.61 bits per heavy atom. The first-order valence-corrected chi connectivity index (χ1v) is 15.9. The molecule has 41 heavy (non-hydrogen) atoms. The van der Waals surface area contributed by atoms with Gasteiger partial charge in [0.2, 0.25) is 16.0 Å². The van der Waals surface area contributed by atoms with Crippen molar-refractivity contribution in [1.29, 1.82) is 0 Å². The molecule has 2 rings (SSSR count). The summed E-state index contributed by atoms with van der Waals surface area (Å²) in [6.45, 7) is 17.4. The Hall–Kier alpha value is -2.77. The number of halogens is 1. The SMILES string of the molecule is C=C(/C(=C\C=C(/C)NC(=O)OC(C)C)c1sc(C2CCC(NC(=O)OC(C)C)CC2)nc1F)S(=O)(=O)NC(C)(C)C. The largest absolute Gasteiger partial charge is 0.447 e. The number of carbonyl (C=O) groups excluding carboxylic acids is 2. The van der Waals surface area contributed by atoms with Gasteiger partial charge in [0.25, 0.3) is 0 Å². The molecule has 2 amide bonds. The Labute approximate surface area is 246 Å². The fourth-order valence-corrected chi connectivity index (χ4v) is 6.74. The Bertz CT molecular complexity index is 1270. The van der Waals surface area contributed by atoms with Crippen molar-refractivity contribution in [3.8, 4) is 0 Å². The lowest BCUT2D eigenvalue weighted by atomic mass is 9.86. The van der Waals surface area contributed by atoms with E-state index in [1.54, 1.807) is 55.4 Å². The molecular formula is C28H43FN4O6S2. The van der Waals surface area contributed by atoms with Crippen molar-refractivity contribution in [2.75, 3.05) is 0 Å². The number of rotatable bonds is 10. The van der Waals surface area contributed by atoms with Crippen LogP contribution in [0.25, 0.3) is 5.57 Å². The van der Waals surface area contributed by atoms with Crippen LogP contribution in [0.1, 0.15) is 96.9 Å². The van der Waals surface area contributed by atoms with Crippen molar-refractivity contribution in [3.63, 3.8) is 0 Å². The molecule has 1 aliphatic rings. The summed E-state index contributed by atoms with van der Waals surface area (Å²) in [7, 11) is -4.11. The van der Waals surface area contributed by atoms with Gasteiger partial charge in [-0.1, -0.05) is 12.7 Å². The molecule has 0 aromatic carbocycles. The van der Waals surface area contributed by atoms with Crippen LogP contribution in [0.2, 0.25) is 0 Å². The van der Waals surface area contributed by atoms with E-state index in [4.69, 9.17) is 9.47 Å². The zero-order valence-corrected chi connectivity index (χ0v) is 26.7. The van der Waals surface area contributed by atoms with Crippen LogP contribution in [-0.4, -0.2) is 49.4 Å². The Morgan fingerprint density at radius 1 is 1.05 bits per heavy atom. The second-order valence-corrected chi connectivity index (χ2v) is 14.3. The smallest absolute Gasteiger partial charge is 0.411 e. The predicted octanol–water partition coefficient (Wildman–Crippen LogP) is 6.10. The van der Waals surface area contributed by atoms with Crippen molar-refractivity contribution < 1.29 is 31.9 Å². The van der Waals surface area contributed by atoms with Gasteiger partial charge in [0.15, 0.2) is 0 Å². The molecule has 1 heterocycles. The van der Waals surface area contributed by atoms with Gasteiger partial charge >= 0.3 is 12.2 Å². The van der Waals surface area contributed by atoms with Gasteiger partial charge in [-0.2, -0.15) is 4.39 Å². The first kappa shape index (κ1) is 34.4. The highest BCUT2D eigenvalue weighted by atomic mass is 32.2. The number of ether oxygens (including phenoxy) is 2. The Morgan fingerprint density at radius 3 is 2.15 bits per heavy atom. The molecule has 1 saturated carbocycles. The van der Waals surface area contributed by atoms with Gasteiger partial charge in [-0.3, -0.25) is 5.32 Å². The lowest BCUT2D eigenvalue weighted by Crippen LogP contribution is -2.41. The number of aromatic nitrogens is 1. The minimum Gasteiger partial charge on any atom is -0.447 e. The normalized spacial score (nSPS) is 18.8. The number of nitrogens with zero attached hydrogens (tertiary/aromatic N) is 1. The molecule has 0 bridgehead atoms. The van der Waals surface area contributed by atoms with Crippen LogP contribution in [0.5, 0.6) is 0 Å². The number of carbonyl (C=O) groups is 2. The molecule has 10 nitrogen and oxygen atoms in total. The van der Waals surface area contributed by atoms with Crippen LogP contribution in [0, 0.1) is 5.95 Å². The first-order valence-electron chi connectivity index (χ1n) is 13.6. The maximum atomic E-state index is 15.4. The molecule has 1 aromatic heterocycles. The fourth-order valence-electron chi connectivity index (χ4n) is 4.12. The Balaban J connectivity index is 2.34. The standard InChI is InChI=1S/C28H43FN4O6S2/c1-16(2)38-26(34)30-18(5)10-15-22(19(6)41(36,37)33-28(7,8)9)23-24(29)32-25(40-23)20-11-13-21(14-12-20)31-27(35)39-17(3)4/h10,15-17,20-21,33H,6,11-14H2,1-5,7-9H3,(H,30,34)(H,31,35)/b18-10+,22-15+. The van der Waals surface area contributed by atoms with Crippen LogP contribution >= 0.6 is 11.3 Å². The highest BCUT2D eigenvalue weighted by molar-refractivity contribution is 7.94. The molecule has 0 atom stereocenters. The highest BCUT2D eigenvalue weighted by Crippen LogP contribution is 2.40. The van der Waals surface area contributed by atoms with Gasteiger partial charge < -0.3 is 14.8 Å². The van der Waals surface area contributed by atoms with Crippen LogP contribution < -0.4 is 15.4 Å². The van der Waals surface area contributed by atoms with E-state index in [1.807, 2.05) is 0 Å².